The average Bonchev–Trinajstić information content (AvgIpc) is 3.14. The van der Waals surface area contributed by atoms with E-state index in [1.54, 1.807) is 22.5 Å². The number of hydrogen-bond acceptors (Lipinski definition) is 5. The lowest BCUT2D eigenvalue weighted by molar-refractivity contribution is 0.0962. The van der Waals surface area contributed by atoms with Gasteiger partial charge in [0.15, 0.2) is 5.78 Å². The monoisotopic (exact) mass is 498 g/mol. The van der Waals surface area contributed by atoms with Crippen molar-refractivity contribution in [2.75, 3.05) is 0 Å². The number of Topliss-reactive ketones (excluding diaryl/α,β-unsaturated/α-hetero) is 1. The molecule has 30 heavy (non-hydrogen) atoms. The fourth-order valence-electron chi connectivity index (χ4n) is 3.62. The summed E-state index contributed by atoms with van der Waals surface area (Å²) < 4.78 is 2.67. The van der Waals surface area contributed by atoms with Gasteiger partial charge in [0.25, 0.3) is 5.78 Å². The number of fused-ring (bicyclic) bond motifs is 2. The molecule has 1 aliphatic rings. The van der Waals surface area contributed by atoms with Crippen LogP contribution in [0.4, 0.5) is 0 Å². The highest BCUT2D eigenvalue weighted by Gasteiger charge is 2.28. The van der Waals surface area contributed by atoms with Gasteiger partial charge in [0.2, 0.25) is 5.16 Å². The van der Waals surface area contributed by atoms with Crippen molar-refractivity contribution in [2.45, 2.75) is 29.7 Å². The SMILES string of the molecule is O=C1C[C@@H](c2ccc(Cl)cc2)Cc2nc3nc(SCc4ccc(Br)cc4)nn3cc21. The van der Waals surface area contributed by atoms with Gasteiger partial charge in [-0.05, 0) is 47.7 Å². The fourth-order valence-corrected chi connectivity index (χ4v) is 4.80. The third-order valence-electron chi connectivity index (χ3n) is 5.19. The molecule has 0 spiro atoms. The Morgan fingerprint density at radius 3 is 2.60 bits per heavy atom. The molecular weight excluding hydrogens is 484 g/mol. The molecule has 0 N–H and O–H groups in total. The van der Waals surface area contributed by atoms with Crippen molar-refractivity contribution in [3.63, 3.8) is 0 Å². The van der Waals surface area contributed by atoms with Crippen LogP contribution >= 0.6 is 39.3 Å². The van der Waals surface area contributed by atoms with Gasteiger partial charge in [-0.1, -0.05) is 63.6 Å². The van der Waals surface area contributed by atoms with Crippen LogP contribution in [0.5, 0.6) is 0 Å². The minimum absolute atomic E-state index is 0.0881. The summed E-state index contributed by atoms with van der Waals surface area (Å²) in [6, 6.07) is 15.9. The molecule has 2 heterocycles. The maximum Gasteiger partial charge on any atom is 0.253 e. The Morgan fingerprint density at radius 2 is 1.83 bits per heavy atom. The van der Waals surface area contributed by atoms with Gasteiger partial charge in [-0.15, -0.1) is 5.10 Å². The first-order valence-corrected chi connectivity index (χ1v) is 11.6. The summed E-state index contributed by atoms with van der Waals surface area (Å²) in [5, 5.41) is 5.84. The van der Waals surface area contributed by atoms with Crippen molar-refractivity contribution < 1.29 is 4.79 Å². The molecule has 5 nitrogen and oxygen atoms in total. The van der Waals surface area contributed by atoms with Crippen LogP contribution < -0.4 is 0 Å². The van der Waals surface area contributed by atoms with E-state index in [1.165, 1.54) is 5.56 Å². The van der Waals surface area contributed by atoms with E-state index in [2.05, 4.69) is 43.1 Å². The van der Waals surface area contributed by atoms with Crippen LogP contribution in [-0.4, -0.2) is 25.4 Å². The molecule has 0 saturated heterocycles. The lowest BCUT2D eigenvalue weighted by Gasteiger charge is -2.23. The molecule has 2 aromatic heterocycles. The van der Waals surface area contributed by atoms with Crippen molar-refractivity contribution in [3.8, 4) is 0 Å². The summed E-state index contributed by atoms with van der Waals surface area (Å²) in [6.45, 7) is 0. The van der Waals surface area contributed by atoms with Gasteiger partial charge >= 0.3 is 0 Å². The number of thioether (sulfide) groups is 1. The normalized spacial score (nSPS) is 16.1. The highest BCUT2D eigenvalue weighted by atomic mass is 79.9. The summed E-state index contributed by atoms with van der Waals surface area (Å²) >= 11 is 11.0. The van der Waals surface area contributed by atoms with Crippen LogP contribution in [0.15, 0.2) is 64.4 Å². The Bertz CT molecular complexity index is 1240. The van der Waals surface area contributed by atoms with Crippen LogP contribution in [0, 0.1) is 0 Å². The molecule has 8 heteroatoms. The van der Waals surface area contributed by atoms with E-state index >= 15 is 0 Å². The second-order valence-corrected chi connectivity index (χ2v) is 9.53. The lowest BCUT2D eigenvalue weighted by atomic mass is 9.82. The van der Waals surface area contributed by atoms with E-state index in [1.807, 2.05) is 36.4 Å². The first kappa shape index (κ1) is 19.7. The Morgan fingerprint density at radius 1 is 1.07 bits per heavy atom. The fraction of sp³-hybridized carbons (Fsp3) is 0.182. The van der Waals surface area contributed by atoms with Gasteiger partial charge in [-0.2, -0.15) is 4.98 Å². The van der Waals surface area contributed by atoms with E-state index in [-0.39, 0.29) is 11.7 Å². The van der Waals surface area contributed by atoms with Crippen LogP contribution in [-0.2, 0) is 12.2 Å². The van der Waals surface area contributed by atoms with Crippen molar-refractivity contribution >= 4 is 50.9 Å². The number of aromatic nitrogens is 4. The van der Waals surface area contributed by atoms with Gasteiger partial charge in [-0.3, -0.25) is 4.79 Å². The molecule has 2 aromatic carbocycles. The highest BCUT2D eigenvalue weighted by molar-refractivity contribution is 9.10. The van der Waals surface area contributed by atoms with Crippen molar-refractivity contribution in [3.05, 3.63) is 86.6 Å². The molecule has 0 saturated carbocycles. The Hall–Kier alpha value is -2.22. The second kappa shape index (κ2) is 8.13. The van der Waals surface area contributed by atoms with Crippen LogP contribution in [0.1, 0.15) is 39.5 Å². The Labute approximate surface area is 191 Å². The molecule has 0 fully saturated rings. The summed E-state index contributed by atoms with van der Waals surface area (Å²) in [5.74, 6) is 1.48. The molecule has 5 rings (SSSR count). The smallest absolute Gasteiger partial charge is 0.253 e. The molecule has 1 aliphatic carbocycles. The molecule has 0 unspecified atom stereocenters. The van der Waals surface area contributed by atoms with Gasteiger partial charge < -0.3 is 0 Å². The summed E-state index contributed by atoms with van der Waals surface area (Å²) in [5.41, 5.74) is 3.72. The number of halogens is 2. The molecular formula is C22H16BrClN4OS. The molecule has 1 atom stereocenters. The van der Waals surface area contributed by atoms with Gasteiger partial charge in [-0.25, -0.2) is 9.50 Å². The highest BCUT2D eigenvalue weighted by Crippen LogP contribution is 2.32. The van der Waals surface area contributed by atoms with Crippen molar-refractivity contribution in [1.29, 1.82) is 0 Å². The number of hydrogen-bond donors (Lipinski definition) is 0. The summed E-state index contributed by atoms with van der Waals surface area (Å²) in [4.78, 5) is 22.0. The maximum absolute atomic E-state index is 12.8. The standard InChI is InChI=1S/C22H16BrClN4OS/c23-16-5-1-13(2-6-16)12-30-22-26-21-25-19-9-15(14-3-7-17(24)8-4-14)10-20(29)18(19)11-28(21)27-22/h1-8,11,15H,9-10,12H2/t15-/m0/s1. The number of ketones is 1. The zero-order valence-electron chi connectivity index (χ0n) is 15.8. The maximum atomic E-state index is 12.8. The number of rotatable bonds is 4. The number of carbonyl (C=O) groups is 1. The van der Waals surface area contributed by atoms with Crippen LogP contribution in [0.2, 0.25) is 5.02 Å². The topological polar surface area (TPSA) is 60.2 Å². The first-order valence-electron chi connectivity index (χ1n) is 9.47. The third-order valence-corrected chi connectivity index (χ3v) is 6.88. The van der Waals surface area contributed by atoms with E-state index in [0.717, 1.165) is 21.5 Å². The predicted octanol–water partition coefficient (Wildman–Crippen LogP) is 5.75. The number of carbonyl (C=O) groups excluding carboxylic acids is 1. The summed E-state index contributed by atoms with van der Waals surface area (Å²) in [7, 11) is 0. The number of benzene rings is 2. The number of nitrogens with zero attached hydrogens (tertiary/aromatic N) is 4. The molecule has 0 bridgehead atoms. The van der Waals surface area contributed by atoms with Crippen molar-refractivity contribution in [2.24, 2.45) is 0 Å². The zero-order chi connectivity index (χ0) is 20.7. The van der Waals surface area contributed by atoms with E-state index in [9.17, 15) is 4.79 Å². The lowest BCUT2D eigenvalue weighted by Crippen LogP contribution is -2.21. The van der Waals surface area contributed by atoms with Crippen molar-refractivity contribution in [1.82, 2.24) is 19.6 Å². The quantitative estimate of drug-likeness (QED) is 0.335. The van der Waals surface area contributed by atoms with Gasteiger partial charge in [0.1, 0.15) is 0 Å². The zero-order valence-corrected chi connectivity index (χ0v) is 18.9. The third kappa shape index (κ3) is 4.02. The molecule has 0 amide bonds. The molecule has 0 radical (unpaired) electrons. The van der Waals surface area contributed by atoms with Gasteiger partial charge in [0.05, 0.1) is 11.3 Å². The molecule has 150 valence electrons. The summed E-state index contributed by atoms with van der Waals surface area (Å²) in [6.07, 6.45) is 2.93. The van der Waals surface area contributed by atoms with Crippen LogP contribution in [0.25, 0.3) is 5.78 Å². The van der Waals surface area contributed by atoms with E-state index in [0.29, 0.717) is 34.4 Å². The Kier molecular flexibility index (Phi) is 5.35. The van der Waals surface area contributed by atoms with Crippen LogP contribution in [0.3, 0.4) is 0 Å². The molecule has 4 aromatic rings. The average molecular weight is 500 g/mol. The van der Waals surface area contributed by atoms with Gasteiger partial charge in [0, 0.05) is 27.9 Å². The predicted molar refractivity (Wildman–Crippen MR) is 121 cm³/mol. The minimum atomic E-state index is 0.0881. The largest absolute Gasteiger partial charge is 0.294 e. The minimum Gasteiger partial charge on any atom is -0.294 e. The Balaban J connectivity index is 1.39. The van der Waals surface area contributed by atoms with E-state index in [4.69, 9.17) is 11.6 Å². The first-order chi connectivity index (χ1) is 14.5. The second-order valence-electron chi connectivity index (χ2n) is 7.24. The molecule has 0 aliphatic heterocycles. The van der Waals surface area contributed by atoms with E-state index < -0.39 is 0 Å².